The third-order valence-electron chi connectivity index (χ3n) is 14.6. The van der Waals surface area contributed by atoms with Gasteiger partial charge in [-0.1, -0.05) is 70.3 Å². The van der Waals surface area contributed by atoms with Crippen molar-refractivity contribution in [2.75, 3.05) is 60.6 Å². The van der Waals surface area contributed by atoms with Crippen LogP contribution in [0.5, 0.6) is 5.75 Å². The Labute approximate surface area is 443 Å². The lowest BCUT2D eigenvalue weighted by atomic mass is 9.73. The van der Waals surface area contributed by atoms with Gasteiger partial charge in [-0.3, -0.25) is 14.5 Å². The van der Waals surface area contributed by atoms with Crippen LogP contribution >= 0.6 is 11.6 Å². The molecule has 3 aliphatic rings. The van der Waals surface area contributed by atoms with Gasteiger partial charge in [0.05, 0.1) is 31.8 Å². The van der Waals surface area contributed by atoms with Crippen molar-refractivity contribution in [3.05, 3.63) is 144 Å². The normalized spacial score (nSPS) is 20.9. The van der Waals surface area contributed by atoms with Crippen molar-refractivity contribution < 1.29 is 38.0 Å². The van der Waals surface area contributed by atoms with E-state index < -0.39 is 34.9 Å². The monoisotopic (exact) mass is 1050 g/mol. The zero-order chi connectivity index (χ0) is 53.4. The lowest BCUT2D eigenvalue weighted by molar-refractivity contribution is -0.117. The number of unbranched alkanes of at least 4 members (excludes halogenated alkanes) is 2. The summed E-state index contributed by atoms with van der Waals surface area (Å²) in [6, 6.07) is 26.9. The number of benzene rings is 4. The van der Waals surface area contributed by atoms with Crippen LogP contribution in [-0.2, 0) is 34.6 Å². The van der Waals surface area contributed by atoms with Gasteiger partial charge < -0.3 is 34.2 Å². The van der Waals surface area contributed by atoms with E-state index in [0.29, 0.717) is 25.1 Å². The van der Waals surface area contributed by atoms with Gasteiger partial charge in [0.1, 0.15) is 54.9 Å². The molecular formula is C56H71ClF2N10O6. The quantitative estimate of drug-likeness (QED) is 0.0742. The molecule has 4 aromatic carbocycles. The summed E-state index contributed by atoms with van der Waals surface area (Å²) in [4.78, 5) is 29.4. The third-order valence-corrected chi connectivity index (χ3v) is 14.8. The van der Waals surface area contributed by atoms with Gasteiger partial charge in [0.25, 0.3) is 0 Å². The van der Waals surface area contributed by atoms with E-state index in [9.17, 15) is 23.8 Å². The summed E-state index contributed by atoms with van der Waals surface area (Å²) in [6.45, 7) is 16.4. The maximum Gasteiger partial charge on any atom is 0.327 e. The van der Waals surface area contributed by atoms with Crippen molar-refractivity contribution in [2.24, 2.45) is 5.41 Å². The summed E-state index contributed by atoms with van der Waals surface area (Å²) in [7, 11) is 0. The molecule has 0 aliphatic carbocycles. The zero-order valence-electron chi connectivity index (χ0n) is 43.9. The number of urea groups is 1. The van der Waals surface area contributed by atoms with Gasteiger partial charge in [-0.15, -0.1) is 0 Å². The minimum Gasteiger partial charge on any atom is -0.488 e. The van der Waals surface area contributed by atoms with E-state index >= 15 is 0 Å². The molecule has 0 radical (unpaired) electrons. The molecule has 9 rings (SSSR count). The van der Waals surface area contributed by atoms with Crippen LogP contribution in [0.2, 0.25) is 5.02 Å². The zero-order valence-corrected chi connectivity index (χ0v) is 44.6. The molecule has 5 heterocycles. The van der Waals surface area contributed by atoms with Crippen LogP contribution in [0.1, 0.15) is 84.8 Å². The molecule has 0 bridgehead atoms. The third kappa shape index (κ3) is 13.3. The number of piperazine rings is 1. The van der Waals surface area contributed by atoms with Gasteiger partial charge in [0, 0.05) is 65.9 Å². The Hall–Kier alpha value is -6.18. The molecule has 402 valence electrons. The lowest BCUT2D eigenvalue weighted by Crippen LogP contribution is -2.50. The smallest absolute Gasteiger partial charge is 0.327 e. The Morgan fingerprint density at radius 3 is 2.03 bits per heavy atom. The highest BCUT2D eigenvalue weighted by Gasteiger charge is 2.50. The first-order valence-electron chi connectivity index (χ1n) is 25.9. The first-order valence-corrected chi connectivity index (χ1v) is 26.3. The summed E-state index contributed by atoms with van der Waals surface area (Å²) < 4.78 is 50.1. The topological polar surface area (TPSA) is 160 Å². The number of amides is 2. The number of hydrogen-bond acceptors (Lipinski definition) is 12. The summed E-state index contributed by atoms with van der Waals surface area (Å²) in [5.74, 6) is -0.764. The van der Waals surface area contributed by atoms with Crippen LogP contribution < -0.4 is 19.4 Å². The van der Waals surface area contributed by atoms with Crippen LogP contribution in [0.3, 0.4) is 0 Å². The van der Waals surface area contributed by atoms with E-state index in [1.165, 1.54) is 41.4 Å². The Balaban J connectivity index is 0.000000297. The maximum absolute atomic E-state index is 14.9. The number of hydrogen-bond donors (Lipinski definition) is 2. The highest BCUT2D eigenvalue weighted by molar-refractivity contribution is 6.30. The molecule has 2 unspecified atom stereocenters. The van der Waals surface area contributed by atoms with E-state index in [2.05, 4.69) is 49.0 Å². The lowest BCUT2D eigenvalue weighted by Gasteiger charge is -2.40. The minimum absolute atomic E-state index is 0.0250. The predicted molar refractivity (Wildman–Crippen MR) is 285 cm³/mol. The number of aromatic nitrogens is 6. The van der Waals surface area contributed by atoms with Crippen LogP contribution in [0.4, 0.5) is 30.6 Å². The first-order chi connectivity index (χ1) is 35.9. The number of carbonyl (C=O) groups is 1. The highest BCUT2D eigenvalue weighted by Crippen LogP contribution is 2.39. The fourth-order valence-corrected chi connectivity index (χ4v) is 10.2. The van der Waals surface area contributed by atoms with Crippen molar-refractivity contribution in [1.82, 2.24) is 34.4 Å². The second kappa shape index (κ2) is 23.8. The van der Waals surface area contributed by atoms with Crippen LogP contribution in [0.15, 0.2) is 116 Å². The molecular weight excluding hydrogens is 982 g/mol. The second-order valence-corrected chi connectivity index (χ2v) is 21.6. The number of rotatable bonds is 19. The fraction of sp³-hybridized carbons (Fsp3) is 0.482. The Morgan fingerprint density at radius 1 is 0.840 bits per heavy atom. The average Bonchev–Trinajstić information content (AvgIpc) is 4.24. The van der Waals surface area contributed by atoms with Crippen LogP contribution in [0, 0.1) is 17.0 Å². The predicted octanol–water partition coefficient (Wildman–Crippen LogP) is 9.49. The molecule has 19 heteroatoms. The highest BCUT2D eigenvalue weighted by atomic mass is 35.5. The van der Waals surface area contributed by atoms with E-state index in [1.54, 1.807) is 20.8 Å². The van der Waals surface area contributed by atoms with E-state index in [-0.39, 0.29) is 49.4 Å². The van der Waals surface area contributed by atoms with Gasteiger partial charge in [0.2, 0.25) is 0 Å². The van der Waals surface area contributed by atoms with Gasteiger partial charge in [0.15, 0.2) is 12.0 Å². The van der Waals surface area contributed by atoms with Gasteiger partial charge in [-0.05, 0) is 117 Å². The van der Waals surface area contributed by atoms with Gasteiger partial charge >= 0.3 is 6.03 Å². The summed E-state index contributed by atoms with van der Waals surface area (Å²) >= 11 is 5.90. The summed E-state index contributed by atoms with van der Waals surface area (Å²) in [5, 5.41) is 31.6. The number of β-amino-alcohol motifs (C(OH)–C–C–N with tert-alkyl or cyclic N) is 1. The molecule has 2 N–H and O–H groups in total. The fourth-order valence-electron chi connectivity index (χ4n) is 10.1. The number of aryl methyl sites for hydroxylation is 1. The number of anilines is 3. The molecule has 2 amide bonds. The van der Waals surface area contributed by atoms with E-state index in [1.807, 2.05) is 95.3 Å². The molecule has 3 fully saturated rings. The molecule has 3 aliphatic heterocycles. The molecule has 4 atom stereocenters. The number of halogens is 3. The molecule has 6 aromatic rings. The molecule has 16 nitrogen and oxygen atoms in total. The van der Waals surface area contributed by atoms with Crippen molar-refractivity contribution in [3.8, 4) is 5.75 Å². The van der Waals surface area contributed by atoms with Crippen molar-refractivity contribution in [2.45, 2.75) is 122 Å². The maximum atomic E-state index is 14.9. The molecule has 3 saturated heterocycles. The standard InChI is InChI=1S/C40H49F2N7O5.C16H22ClN3O/c1-4-5-6-17-40(51)25-48(38(50)49(40)29(2)3)33-10-8-31(9-11-33)45-18-20-46(21-19-45)32-12-14-34(15-13-32)52-23-37-53-26-39(54-37,24-47-28-43-27-44-47)35-16-7-30(41)22-36(35)42;1-15(2,3)16(21,10-20-12-18-11-19-20)9-8-13-4-6-14(17)7-5-13/h7-16,22,27-29,37,51H,4-6,17-21,23-26H2,1-3H3;4-7,11-12,21H,8-10H2,1-3H3/t37-,39+,40?;/m0./s1. The van der Waals surface area contributed by atoms with Crippen LogP contribution in [0.25, 0.3) is 0 Å². The molecule has 2 aromatic heterocycles. The average molecular weight is 1050 g/mol. The minimum atomic E-state index is -1.24. The summed E-state index contributed by atoms with van der Waals surface area (Å²) in [6.07, 6.45) is 10.2. The number of ether oxygens (including phenoxy) is 3. The summed E-state index contributed by atoms with van der Waals surface area (Å²) in [5.41, 5.74) is 0.782. The van der Waals surface area contributed by atoms with Crippen molar-refractivity contribution >= 4 is 34.7 Å². The largest absolute Gasteiger partial charge is 0.488 e. The SMILES string of the molecule is CC(C)(C)C(O)(CCc1ccc(Cl)cc1)Cn1cncn1.CCCCCC1(O)CN(c2ccc(N3CCN(c4ccc(OC[C@H]5OC[C@](Cn6cncn6)(c6ccc(F)cc6F)O5)cc4)CC3)cc2)C(=O)N1C(C)C. The van der Waals surface area contributed by atoms with Gasteiger partial charge in [-0.25, -0.2) is 28.2 Å². The Bertz CT molecular complexity index is 2740. The van der Waals surface area contributed by atoms with Crippen LogP contribution in [-0.4, -0.2) is 120 Å². The first kappa shape index (κ1) is 55.1. The van der Waals surface area contributed by atoms with Crippen molar-refractivity contribution in [1.29, 1.82) is 0 Å². The molecule has 0 spiro atoms. The molecule has 0 saturated carbocycles. The number of aliphatic hydroxyl groups is 2. The number of carbonyl (C=O) groups excluding carboxylic acids is 1. The van der Waals surface area contributed by atoms with Gasteiger partial charge in [-0.2, -0.15) is 10.2 Å². The van der Waals surface area contributed by atoms with E-state index in [0.717, 1.165) is 80.0 Å². The Kier molecular flexibility index (Phi) is 17.5. The number of nitrogens with zero attached hydrogens (tertiary/aromatic N) is 10. The second-order valence-electron chi connectivity index (χ2n) is 21.1. The van der Waals surface area contributed by atoms with E-state index in [4.69, 9.17) is 25.8 Å². The molecule has 75 heavy (non-hydrogen) atoms. The van der Waals surface area contributed by atoms with Crippen molar-refractivity contribution in [3.63, 3.8) is 0 Å². The Morgan fingerprint density at radius 2 is 1.45 bits per heavy atom.